The third-order valence-electron chi connectivity index (χ3n) is 3.55. The Morgan fingerprint density at radius 1 is 1.17 bits per heavy atom. The summed E-state index contributed by atoms with van der Waals surface area (Å²) in [5.74, 6) is 0.221. The number of nitrogens with zero attached hydrogens (tertiary/aromatic N) is 5. The van der Waals surface area contributed by atoms with Crippen LogP contribution in [0.15, 0.2) is 54.5 Å². The molecule has 1 N–H and O–H groups in total. The molecule has 0 spiro atoms. The van der Waals surface area contributed by atoms with Gasteiger partial charge >= 0.3 is 5.97 Å². The van der Waals surface area contributed by atoms with Gasteiger partial charge in [-0.2, -0.15) is 9.36 Å². The summed E-state index contributed by atoms with van der Waals surface area (Å²) in [6.45, 7) is 0. The Balaban J connectivity index is 1.78. The van der Waals surface area contributed by atoms with Gasteiger partial charge < -0.3 is 5.11 Å². The van der Waals surface area contributed by atoms with E-state index in [1.54, 1.807) is 29.6 Å². The zero-order valence-electron chi connectivity index (χ0n) is 12.3. The van der Waals surface area contributed by atoms with E-state index >= 15 is 0 Å². The molecule has 0 bridgehead atoms. The number of anilines is 2. The summed E-state index contributed by atoms with van der Waals surface area (Å²) in [7, 11) is 0. The number of hydrogen-bond donors (Lipinski definition) is 1. The quantitative estimate of drug-likeness (QED) is 0.785. The van der Waals surface area contributed by atoms with E-state index in [0.717, 1.165) is 5.56 Å². The van der Waals surface area contributed by atoms with Crippen molar-refractivity contribution >= 4 is 28.5 Å². The standard InChI is InChI=1S/C16H11N5O2S/c22-15(23)11-8-10-4-3-7-18-14(10)21(9-11)16-19-13(20-24-16)12-5-1-2-6-17-12/h1-7,9H,8H2,(H,22,23). The zero-order valence-corrected chi connectivity index (χ0v) is 13.1. The van der Waals surface area contributed by atoms with E-state index in [1.807, 2.05) is 24.3 Å². The molecule has 0 aliphatic carbocycles. The van der Waals surface area contributed by atoms with Gasteiger partial charge in [0, 0.05) is 42.1 Å². The minimum absolute atomic E-state index is 0.282. The fourth-order valence-electron chi connectivity index (χ4n) is 2.44. The number of aliphatic carboxylic acids is 1. The van der Waals surface area contributed by atoms with E-state index in [-0.39, 0.29) is 5.57 Å². The number of rotatable bonds is 3. The Morgan fingerprint density at radius 2 is 2.04 bits per heavy atom. The lowest BCUT2D eigenvalue weighted by atomic mass is 10.0. The minimum Gasteiger partial charge on any atom is -0.478 e. The predicted molar refractivity (Wildman–Crippen MR) is 88.9 cm³/mol. The molecular formula is C16H11N5O2S. The molecule has 0 fully saturated rings. The normalized spacial score (nSPS) is 13.3. The molecule has 8 heteroatoms. The lowest BCUT2D eigenvalue weighted by Gasteiger charge is -2.24. The summed E-state index contributed by atoms with van der Waals surface area (Å²) in [6, 6.07) is 9.17. The topological polar surface area (TPSA) is 92.1 Å². The first kappa shape index (κ1) is 14.5. The summed E-state index contributed by atoms with van der Waals surface area (Å²) in [6.07, 6.45) is 5.24. The highest BCUT2D eigenvalue weighted by Crippen LogP contribution is 2.35. The predicted octanol–water partition coefficient (Wildman–Crippen LogP) is 2.66. The van der Waals surface area contributed by atoms with Crippen LogP contribution in [0.3, 0.4) is 0 Å². The smallest absolute Gasteiger partial charge is 0.333 e. The number of carboxylic acids is 1. The Kier molecular flexibility index (Phi) is 3.51. The van der Waals surface area contributed by atoms with Gasteiger partial charge in [-0.25, -0.2) is 9.78 Å². The molecule has 118 valence electrons. The molecule has 3 aromatic rings. The molecular weight excluding hydrogens is 326 g/mol. The van der Waals surface area contributed by atoms with Crippen LogP contribution >= 0.6 is 11.5 Å². The Morgan fingerprint density at radius 3 is 2.83 bits per heavy atom. The summed E-state index contributed by atoms with van der Waals surface area (Å²) >= 11 is 1.18. The van der Waals surface area contributed by atoms with Gasteiger partial charge in [-0.1, -0.05) is 12.1 Å². The number of fused-ring (bicyclic) bond motifs is 1. The van der Waals surface area contributed by atoms with Gasteiger partial charge in [-0.05, 0) is 18.2 Å². The van der Waals surface area contributed by atoms with Crippen LogP contribution in [0.25, 0.3) is 11.5 Å². The number of pyridine rings is 2. The molecule has 0 unspecified atom stereocenters. The van der Waals surface area contributed by atoms with Crippen molar-refractivity contribution in [3.8, 4) is 11.5 Å². The van der Waals surface area contributed by atoms with Crippen LogP contribution in [-0.4, -0.2) is 30.4 Å². The Labute approximate surface area is 141 Å². The second-order valence-electron chi connectivity index (χ2n) is 5.11. The summed E-state index contributed by atoms with van der Waals surface area (Å²) in [5, 5.41) is 9.90. The summed E-state index contributed by atoms with van der Waals surface area (Å²) < 4.78 is 4.33. The number of aromatic nitrogens is 4. The molecule has 24 heavy (non-hydrogen) atoms. The average Bonchev–Trinajstić information content (AvgIpc) is 3.11. The molecule has 7 nitrogen and oxygen atoms in total. The fourth-order valence-corrected chi connectivity index (χ4v) is 3.10. The molecule has 0 saturated carbocycles. The highest BCUT2D eigenvalue weighted by Gasteiger charge is 2.25. The first-order valence-corrected chi connectivity index (χ1v) is 7.92. The largest absolute Gasteiger partial charge is 0.478 e. The minimum atomic E-state index is -0.955. The molecule has 0 aromatic carbocycles. The summed E-state index contributed by atoms with van der Waals surface area (Å²) in [4.78, 5) is 26.2. The van der Waals surface area contributed by atoms with Gasteiger partial charge in [-0.15, -0.1) is 0 Å². The van der Waals surface area contributed by atoms with Gasteiger partial charge in [-0.3, -0.25) is 9.88 Å². The maximum absolute atomic E-state index is 11.4. The molecule has 1 aliphatic heterocycles. The van der Waals surface area contributed by atoms with Crippen LogP contribution in [0.2, 0.25) is 0 Å². The van der Waals surface area contributed by atoms with Crippen molar-refractivity contribution in [3.05, 3.63) is 60.1 Å². The first-order valence-electron chi connectivity index (χ1n) is 7.14. The maximum Gasteiger partial charge on any atom is 0.333 e. The fraction of sp³-hybridized carbons (Fsp3) is 0.0625. The third-order valence-corrected chi connectivity index (χ3v) is 4.27. The number of carbonyl (C=O) groups is 1. The van der Waals surface area contributed by atoms with E-state index in [2.05, 4.69) is 19.3 Å². The van der Waals surface area contributed by atoms with Crippen molar-refractivity contribution < 1.29 is 9.90 Å². The molecule has 1 aliphatic rings. The Hall–Kier alpha value is -3.13. The molecule has 4 heterocycles. The van der Waals surface area contributed by atoms with Crippen molar-refractivity contribution in [1.82, 2.24) is 19.3 Å². The second kappa shape index (κ2) is 5.82. The van der Waals surface area contributed by atoms with Crippen LogP contribution in [0, 0.1) is 0 Å². The third kappa shape index (κ3) is 2.52. The van der Waals surface area contributed by atoms with Gasteiger partial charge in [0.15, 0.2) is 5.82 Å². The van der Waals surface area contributed by atoms with Crippen molar-refractivity contribution in [3.63, 3.8) is 0 Å². The van der Waals surface area contributed by atoms with Crippen LogP contribution in [0.4, 0.5) is 10.9 Å². The highest BCUT2D eigenvalue weighted by molar-refractivity contribution is 7.10. The van der Waals surface area contributed by atoms with E-state index in [0.29, 0.717) is 28.9 Å². The van der Waals surface area contributed by atoms with E-state index in [4.69, 9.17) is 0 Å². The van der Waals surface area contributed by atoms with Gasteiger partial charge in [0.25, 0.3) is 0 Å². The zero-order chi connectivity index (χ0) is 16.5. The maximum atomic E-state index is 11.4. The van der Waals surface area contributed by atoms with Gasteiger partial charge in [0.1, 0.15) is 11.5 Å². The SMILES string of the molecule is O=C(O)C1=CN(c2nc(-c3ccccn3)ns2)c2ncccc2C1. The molecule has 0 atom stereocenters. The monoisotopic (exact) mass is 337 g/mol. The van der Waals surface area contributed by atoms with Crippen LogP contribution in [-0.2, 0) is 11.2 Å². The van der Waals surface area contributed by atoms with Crippen LogP contribution in [0.1, 0.15) is 5.56 Å². The van der Waals surface area contributed by atoms with E-state index in [1.165, 1.54) is 11.5 Å². The molecule has 0 radical (unpaired) electrons. The van der Waals surface area contributed by atoms with Crippen molar-refractivity contribution in [2.45, 2.75) is 6.42 Å². The van der Waals surface area contributed by atoms with Crippen LogP contribution in [0.5, 0.6) is 0 Å². The molecule has 3 aromatic heterocycles. The molecule has 0 saturated heterocycles. The van der Waals surface area contributed by atoms with Gasteiger partial charge in [0.05, 0.1) is 5.57 Å². The number of hydrogen-bond acceptors (Lipinski definition) is 7. The first-order chi connectivity index (χ1) is 11.7. The van der Waals surface area contributed by atoms with Crippen molar-refractivity contribution in [2.24, 2.45) is 0 Å². The molecule has 4 rings (SSSR count). The second-order valence-corrected chi connectivity index (χ2v) is 5.84. The lowest BCUT2D eigenvalue weighted by molar-refractivity contribution is -0.132. The lowest BCUT2D eigenvalue weighted by Crippen LogP contribution is -2.21. The van der Waals surface area contributed by atoms with Crippen molar-refractivity contribution in [1.29, 1.82) is 0 Å². The van der Waals surface area contributed by atoms with E-state index < -0.39 is 5.97 Å². The van der Waals surface area contributed by atoms with Crippen molar-refractivity contribution in [2.75, 3.05) is 4.90 Å². The summed E-state index contributed by atoms with van der Waals surface area (Å²) in [5.41, 5.74) is 1.79. The Bertz CT molecular complexity index is 938. The van der Waals surface area contributed by atoms with E-state index in [9.17, 15) is 9.90 Å². The highest BCUT2D eigenvalue weighted by atomic mass is 32.1. The average molecular weight is 337 g/mol. The molecule has 0 amide bonds. The van der Waals surface area contributed by atoms with Gasteiger partial charge in [0.2, 0.25) is 5.13 Å². The van der Waals surface area contributed by atoms with Crippen LogP contribution < -0.4 is 4.90 Å². The number of carboxylic acid groups (broad SMARTS) is 1.